The smallest absolute Gasteiger partial charge is 0.396 e. The first-order chi connectivity index (χ1) is 9.04. The van der Waals surface area contributed by atoms with E-state index >= 15 is 0 Å². The van der Waals surface area contributed by atoms with Crippen LogP contribution in [0.25, 0.3) is 0 Å². The number of nitrogens with one attached hydrogen (secondary N) is 1. The third-order valence-corrected chi connectivity index (χ3v) is 3.07. The van der Waals surface area contributed by atoms with Gasteiger partial charge in [-0.1, -0.05) is 37.3 Å². The summed E-state index contributed by atoms with van der Waals surface area (Å²) in [4.78, 5) is 22.7. The second kappa shape index (κ2) is 7.56. The summed E-state index contributed by atoms with van der Waals surface area (Å²) in [5.41, 5.74) is 1.22. The van der Waals surface area contributed by atoms with Crippen LogP contribution in [0.2, 0.25) is 0 Å². The second-order valence-electron chi connectivity index (χ2n) is 4.65. The third kappa shape index (κ3) is 5.12. The van der Waals surface area contributed by atoms with E-state index in [0.29, 0.717) is 0 Å². The first-order valence-electron chi connectivity index (χ1n) is 6.56. The van der Waals surface area contributed by atoms with Gasteiger partial charge < -0.3 is 10.1 Å². The number of amides is 1. The maximum atomic E-state index is 11.5. The molecule has 1 aromatic carbocycles. The van der Waals surface area contributed by atoms with Gasteiger partial charge in [-0.25, -0.2) is 4.79 Å². The summed E-state index contributed by atoms with van der Waals surface area (Å²) < 4.78 is 4.65. The molecule has 104 valence electrons. The van der Waals surface area contributed by atoms with Gasteiger partial charge in [0.05, 0.1) is 6.61 Å². The van der Waals surface area contributed by atoms with Crippen molar-refractivity contribution in [1.29, 1.82) is 0 Å². The quantitative estimate of drug-likeness (QED) is 0.652. The molecule has 0 heterocycles. The van der Waals surface area contributed by atoms with Crippen LogP contribution in [0.4, 0.5) is 0 Å². The average Bonchev–Trinajstić information content (AvgIpc) is 2.40. The minimum absolute atomic E-state index is 0.0860. The zero-order valence-electron chi connectivity index (χ0n) is 11.7. The second-order valence-corrected chi connectivity index (χ2v) is 4.65. The molecule has 0 unspecified atom stereocenters. The Morgan fingerprint density at radius 1 is 1.21 bits per heavy atom. The lowest BCUT2D eigenvalue weighted by Gasteiger charge is -2.20. The van der Waals surface area contributed by atoms with Crippen molar-refractivity contribution in [3.05, 3.63) is 35.9 Å². The standard InChI is InChI=1S/C15H21NO3/c1-4-19-15(18)14(17)16-12(3)11(2)10-13-8-6-5-7-9-13/h5-9,11-12H,4,10H2,1-3H3,(H,16,17)/t11-,12-/m0/s1. The minimum Gasteiger partial charge on any atom is -0.459 e. The number of benzene rings is 1. The Labute approximate surface area is 114 Å². The number of rotatable bonds is 5. The van der Waals surface area contributed by atoms with E-state index in [1.54, 1.807) is 6.92 Å². The molecule has 0 saturated carbocycles. The van der Waals surface area contributed by atoms with Gasteiger partial charge in [0, 0.05) is 6.04 Å². The highest BCUT2D eigenvalue weighted by Gasteiger charge is 2.20. The van der Waals surface area contributed by atoms with Crippen LogP contribution in [-0.4, -0.2) is 24.5 Å². The van der Waals surface area contributed by atoms with Crippen molar-refractivity contribution in [2.45, 2.75) is 33.2 Å². The summed E-state index contributed by atoms with van der Waals surface area (Å²) in [6.07, 6.45) is 0.852. The monoisotopic (exact) mass is 263 g/mol. The third-order valence-electron chi connectivity index (χ3n) is 3.07. The van der Waals surface area contributed by atoms with E-state index in [2.05, 4.69) is 22.2 Å². The zero-order valence-corrected chi connectivity index (χ0v) is 11.7. The molecule has 0 aliphatic carbocycles. The maximum Gasteiger partial charge on any atom is 0.396 e. The lowest BCUT2D eigenvalue weighted by Crippen LogP contribution is -2.42. The van der Waals surface area contributed by atoms with E-state index in [1.165, 1.54) is 5.56 Å². The molecule has 1 rings (SSSR count). The topological polar surface area (TPSA) is 55.4 Å². The van der Waals surface area contributed by atoms with Gasteiger partial charge in [-0.3, -0.25) is 4.79 Å². The van der Waals surface area contributed by atoms with Crippen LogP contribution in [0.5, 0.6) is 0 Å². The molecule has 0 bridgehead atoms. The fourth-order valence-electron chi connectivity index (χ4n) is 1.77. The molecule has 19 heavy (non-hydrogen) atoms. The van der Waals surface area contributed by atoms with E-state index in [4.69, 9.17) is 0 Å². The van der Waals surface area contributed by atoms with Crippen molar-refractivity contribution in [3.8, 4) is 0 Å². The van der Waals surface area contributed by atoms with Crippen molar-refractivity contribution in [2.24, 2.45) is 5.92 Å². The number of carbonyl (C=O) groups is 2. The molecule has 4 nitrogen and oxygen atoms in total. The summed E-state index contributed by atoms with van der Waals surface area (Å²) >= 11 is 0. The van der Waals surface area contributed by atoms with E-state index in [0.717, 1.165) is 6.42 Å². The molecule has 0 aliphatic rings. The number of hydrogen-bond acceptors (Lipinski definition) is 3. The van der Waals surface area contributed by atoms with Gasteiger partial charge in [-0.05, 0) is 31.7 Å². The average molecular weight is 263 g/mol. The van der Waals surface area contributed by atoms with E-state index in [9.17, 15) is 9.59 Å². The van der Waals surface area contributed by atoms with Crippen molar-refractivity contribution >= 4 is 11.9 Å². The van der Waals surface area contributed by atoms with E-state index in [-0.39, 0.29) is 18.6 Å². The van der Waals surface area contributed by atoms with E-state index < -0.39 is 11.9 Å². The number of ether oxygens (including phenoxy) is 1. The molecule has 0 aliphatic heterocycles. The Hall–Kier alpha value is -1.84. The molecule has 0 saturated heterocycles. The van der Waals surface area contributed by atoms with Crippen LogP contribution in [-0.2, 0) is 20.7 Å². The lowest BCUT2D eigenvalue weighted by atomic mass is 9.95. The molecule has 4 heteroatoms. The van der Waals surface area contributed by atoms with Gasteiger partial charge in [0.15, 0.2) is 0 Å². The highest BCUT2D eigenvalue weighted by Crippen LogP contribution is 2.11. The van der Waals surface area contributed by atoms with Crippen molar-refractivity contribution in [3.63, 3.8) is 0 Å². The highest BCUT2D eigenvalue weighted by molar-refractivity contribution is 6.32. The van der Waals surface area contributed by atoms with Gasteiger partial charge in [-0.15, -0.1) is 0 Å². The molecule has 1 amide bonds. The summed E-state index contributed by atoms with van der Waals surface area (Å²) in [5.74, 6) is -1.25. The molecule has 0 radical (unpaired) electrons. The van der Waals surface area contributed by atoms with Crippen molar-refractivity contribution in [1.82, 2.24) is 5.32 Å². The number of hydrogen-bond donors (Lipinski definition) is 1. The van der Waals surface area contributed by atoms with Gasteiger partial charge in [0.25, 0.3) is 0 Å². The normalized spacial score (nSPS) is 13.4. The fourth-order valence-corrected chi connectivity index (χ4v) is 1.77. The Morgan fingerprint density at radius 3 is 2.42 bits per heavy atom. The molecule has 1 N–H and O–H groups in total. The van der Waals surface area contributed by atoms with Gasteiger partial charge in [0.2, 0.25) is 0 Å². The fraction of sp³-hybridized carbons (Fsp3) is 0.467. The van der Waals surface area contributed by atoms with Gasteiger partial charge >= 0.3 is 11.9 Å². The molecular weight excluding hydrogens is 242 g/mol. The summed E-state index contributed by atoms with van der Waals surface area (Å²) in [6, 6.07) is 9.97. The summed E-state index contributed by atoms with van der Waals surface area (Å²) in [6.45, 7) is 5.82. The maximum absolute atomic E-state index is 11.5. The largest absolute Gasteiger partial charge is 0.459 e. The Balaban J connectivity index is 2.46. The number of carbonyl (C=O) groups excluding carboxylic acids is 2. The van der Waals surface area contributed by atoms with Crippen LogP contribution < -0.4 is 5.32 Å². The Kier molecular flexibility index (Phi) is 6.06. The molecule has 0 aromatic heterocycles. The zero-order chi connectivity index (χ0) is 14.3. The van der Waals surface area contributed by atoms with Crippen molar-refractivity contribution < 1.29 is 14.3 Å². The molecule has 2 atom stereocenters. The number of esters is 1. The molecule has 0 spiro atoms. The first-order valence-corrected chi connectivity index (χ1v) is 6.56. The minimum atomic E-state index is -0.818. The van der Waals surface area contributed by atoms with Crippen LogP contribution >= 0.6 is 0 Å². The predicted octanol–water partition coefficient (Wildman–Crippen LogP) is 1.93. The van der Waals surface area contributed by atoms with E-state index in [1.807, 2.05) is 32.0 Å². The molecular formula is C15H21NO3. The van der Waals surface area contributed by atoms with Gasteiger partial charge in [-0.2, -0.15) is 0 Å². The molecule has 0 fully saturated rings. The molecule has 1 aromatic rings. The highest BCUT2D eigenvalue weighted by atomic mass is 16.5. The predicted molar refractivity (Wildman–Crippen MR) is 73.5 cm³/mol. The van der Waals surface area contributed by atoms with Crippen LogP contribution in [0.15, 0.2) is 30.3 Å². The van der Waals surface area contributed by atoms with Crippen molar-refractivity contribution in [2.75, 3.05) is 6.61 Å². The van der Waals surface area contributed by atoms with Crippen LogP contribution in [0, 0.1) is 5.92 Å². The van der Waals surface area contributed by atoms with Crippen LogP contribution in [0.3, 0.4) is 0 Å². The lowest BCUT2D eigenvalue weighted by molar-refractivity contribution is -0.155. The first kappa shape index (κ1) is 15.2. The van der Waals surface area contributed by atoms with Crippen LogP contribution in [0.1, 0.15) is 26.3 Å². The van der Waals surface area contributed by atoms with Gasteiger partial charge in [0.1, 0.15) is 0 Å². The summed E-state index contributed by atoms with van der Waals surface area (Å²) in [7, 11) is 0. The summed E-state index contributed by atoms with van der Waals surface area (Å²) in [5, 5.41) is 2.67. The Bertz CT molecular complexity index is 417. The SMILES string of the molecule is CCOC(=O)C(=O)N[C@@H](C)[C@@H](C)Cc1ccccc1. The Morgan fingerprint density at radius 2 is 1.84 bits per heavy atom.